The van der Waals surface area contributed by atoms with Crippen LogP contribution < -0.4 is 0 Å². The molecule has 0 amide bonds. The van der Waals surface area contributed by atoms with E-state index in [-0.39, 0.29) is 0 Å². The van der Waals surface area contributed by atoms with Gasteiger partial charge < -0.3 is 0 Å². The van der Waals surface area contributed by atoms with Crippen molar-refractivity contribution in [3.05, 3.63) is 0 Å². The first-order chi connectivity index (χ1) is 8.48. The van der Waals surface area contributed by atoms with Gasteiger partial charge >= 0.3 is 0 Å². The quantitative estimate of drug-likeness (QED) is 0.556. The third kappa shape index (κ3) is 5.52. The molecule has 1 nitrogen and oxygen atoms in total. The summed E-state index contributed by atoms with van der Waals surface area (Å²) >= 11 is 4.63. The zero-order valence-electron chi connectivity index (χ0n) is 13.5. The summed E-state index contributed by atoms with van der Waals surface area (Å²) < 4.78 is 0. The van der Waals surface area contributed by atoms with Crippen LogP contribution >= 0.6 is 12.6 Å². The molecule has 0 atom stereocenters. The highest BCUT2D eigenvalue weighted by atomic mass is 32.1. The predicted octanol–water partition coefficient (Wildman–Crippen LogP) is 4.87. The van der Waals surface area contributed by atoms with Gasteiger partial charge in [0, 0.05) is 19.1 Å². The Kier molecular flexibility index (Phi) is 9.41. The summed E-state index contributed by atoms with van der Waals surface area (Å²) in [5.74, 6) is 1.76. The van der Waals surface area contributed by atoms with Crippen molar-refractivity contribution < 1.29 is 0 Å². The monoisotopic (exact) mass is 273 g/mol. The Morgan fingerprint density at radius 3 is 1.78 bits per heavy atom. The van der Waals surface area contributed by atoms with E-state index >= 15 is 0 Å². The lowest BCUT2D eigenvalue weighted by atomic mass is 9.83. The highest BCUT2D eigenvalue weighted by Crippen LogP contribution is 2.30. The minimum absolute atomic E-state index is 0.403. The number of thiol groups is 1. The SMILES string of the molecule is CCC(CC)N(CC(C)C)CC(CC)(CC)CS. The van der Waals surface area contributed by atoms with Gasteiger partial charge in [-0.1, -0.05) is 41.5 Å². The Hall–Kier alpha value is 0.310. The van der Waals surface area contributed by atoms with Gasteiger partial charge in [0.05, 0.1) is 0 Å². The fourth-order valence-corrected chi connectivity index (χ4v) is 3.34. The van der Waals surface area contributed by atoms with Gasteiger partial charge in [-0.15, -0.1) is 0 Å². The van der Waals surface area contributed by atoms with E-state index in [1.165, 1.54) is 38.8 Å². The molecule has 0 heterocycles. The molecule has 0 N–H and O–H groups in total. The molecule has 2 heteroatoms. The van der Waals surface area contributed by atoms with Gasteiger partial charge in [0.1, 0.15) is 0 Å². The van der Waals surface area contributed by atoms with Crippen LogP contribution in [0, 0.1) is 11.3 Å². The Morgan fingerprint density at radius 2 is 1.50 bits per heavy atom. The van der Waals surface area contributed by atoms with E-state index in [4.69, 9.17) is 0 Å². The van der Waals surface area contributed by atoms with Crippen LogP contribution in [0.5, 0.6) is 0 Å². The molecule has 0 aromatic carbocycles. The Bertz CT molecular complexity index is 187. The largest absolute Gasteiger partial charge is 0.300 e. The average Bonchev–Trinajstić information content (AvgIpc) is 2.36. The maximum atomic E-state index is 4.63. The van der Waals surface area contributed by atoms with Crippen molar-refractivity contribution in [1.29, 1.82) is 0 Å². The molecule has 0 aliphatic heterocycles. The van der Waals surface area contributed by atoms with Crippen molar-refractivity contribution >= 4 is 12.6 Å². The van der Waals surface area contributed by atoms with Crippen LogP contribution in [0.2, 0.25) is 0 Å². The van der Waals surface area contributed by atoms with Crippen LogP contribution in [-0.2, 0) is 0 Å². The first kappa shape index (κ1) is 18.3. The van der Waals surface area contributed by atoms with Gasteiger partial charge in [0.15, 0.2) is 0 Å². The lowest BCUT2D eigenvalue weighted by Gasteiger charge is -2.40. The van der Waals surface area contributed by atoms with Gasteiger partial charge in [-0.2, -0.15) is 12.6 Å². The maximum Gasteiger partial charge on any atom is 0.00903 e. The summed E-state index contributed by atoms with van der Waals surface area (Å²) in [4.78, 5) is 2.73. The molecule has 0 aliphatic carbocycles. The van der Waals surface area contributed by atoms with Gasteiger partial charge in [0.2, 0.25) is 0 Å². The van der Waals surface area contributed by atoms with Crippen molar-refractivity contribution in [2.24, 2.45) is 11.3 Å². The minimum atomic E-state index is 0.403. The molecule has 0 rings (SSSR count). The van der Waals surface area contributed by atoms with Gasteiger partial charge in [-0.25, -0.2) is 0 Å². The van der Waals surface area contributed by atoms with Gasteiger partial charge in [-0.05, 0) is 42.8 Å². The van der Waals surface area contributed by atoms with Crippen LogP contribution in [-0.4, -0.2) is 29.8 Å². The standard InChI is InChI=1S/C16H35NS/c1-7-15(8-2)17(11-14(5)6)12-16(9-3,10-4)13-18/h14-15,18H,7-13H2,1-6H3. The van der Waals surface area contributed by atoms with Gasteiger partial charge in [0.25, 0.3) is 0 Å². The highest BCUT2D eigenvalue weighted by molar-refractivity contribution is 7.80. The van der Waals surface area contributed by atoms with Crippen molar-refractivity contribution in [2.75, 3.05) is 18.8 Å². The van der Waals surface area contributed by atoms with Crippen LogP contribution in [0.1, 0.15) is 67.2 Å². The average molecular weight is 274 g/mol. The molecule has 0 aliphatic rings. The fraction of sp³-hybridized carbons (Fsp3) is 1.00. The Morgan fingerprint density at radius 1 is 1.00 bits per heavy atom. The summed E-state index contributed by atoms with van der Waals surface area (Å²) in [7, 11) is 0. The van der Waals surface area contributed by atoms with E-state index in [9.17, 15) is 0 Å². The zero-order chi connectivity index (χ0) is 14.2. The first-order valence-electron chi connectivity index (χ1n) is 7.83. The number of hydrogen-bond donors (Lipinski definition) is 1. The second kappa shape index (κ2) is 9.25. The summed E-state index contributed by atoms with van der Waals surface area (Å²) in [6.07, 6.45) is 5.00. The summed E-state index contributed by atoms with van der Waals surface area (Å²) in [6.45, 7) is 16.4. The molecule has 0 aromatic heterocycles. The number of rotatable bonds is 10. The fourth-order valence-electron chi connectivity index (χ4n) is 2.79. The molecular formula is C16H35NS. The highest BCUT2D eigenvalue weighted by Gasteiger charge is 2.29. The van der Waals surface area contributed by atoms with E-state index in [0.717, 1.165) is 17.7 Å². The Labute approximate surface area is 121 Å². The summed E-state index contributed by atoms with van der Waals surface area (Å²) in [6, 6.07) is 0.741. The molecule has 0 unspecified atom stereocenters. The minimum Gasteiger partial charge on any atom is -0.300 e. The normalized spacial score (nSPS) is 13.0. The van der Waals surface area contributed by atoms with E-state index in [0.29, 0.717) is 5.41 Å². The number of nitrogens with zero attached hydrogens (tertiary/aromatic N) is 1. The van der Waals surface area contributed by atoms with Crippen LogP contribution in [0.15, 0.2) is 0 Å². The van der Waals surface area contributed by atoms with E-state index in [2.05, 4.69) is 59.1 Å². The van der Waals surface area contributed by atoms with E-state index in [1.54, 1.807) is 0 Å². The lowest BCUT2D eigenvalue weighted by Crippen LogP contribution is -2.45. The summed E-state index contributed by atoms with van der Waals surface area (Å²) in [5.41, 5.74) is 0.403. The zero-order valence-corrected chi connectivity index (χ0v) is 14.4. The molecule has 0 saturated carbocycles. The maximum absolute atomic E-state index is 4.63. The molecule has 0 radical (unpaired) electrons. The summed E-state index contributed by atoms with van der Waals surface area (Å²) in [5, 5.41) is 0. The predicted molar refractivity (Wildman–Crippen MR) is 87.6 cm³/mol. The molecule has 0 bridgehead atoms. The van der Waals surface area contributed by atoms with Crippen LogP contribution in [0.3, 0.4) is 0 Å². The van der Waals surface area contributed by atoms with Crippen LogP contribution in [0.4, 0.5) is 0 Å². The molecule has 110 valence electrons. The topological polar surface area (TPSA) is 3.24 Å². The molecular weight excluding hydrogens is 238 g/mol. The van der Waals surface area contributed by atoms with Crippen molar-refractivity contribution in [2.45, 2.75) is 73.3 Å². The lowest BCUT2D eigenvalue weighted by molar-refractivity contribution is 0.0969. The van der Waals surface area contributed by atoms with Crippen molar-refractivity contribution in [3.63, 3.8) is 0 Å². The number of hydrogen-bond acceptors (Lipinski definition) is 2. The molecule has 0 saturated heterocycles. The third-order valence-corrected chi connectivity index (χ3v) is 5.10. The van der Waals surface area contributed by atoms with E-state index < -0.39 is 0 Å². The molecule has 0 spiro atoms. The Balaban J connectivity index is 4.84. The second-order valence-corrected chi connectivity index (χ2v) is 6.48. The van der Waals surface area contributed by atoms with Crippen molar-refractivity contribution in [1.82, 2.24) is 4.90 Å². The van der Waals surface area contributed by atoms with Gasteiger partial charge in [-0.3, -0.25) is 4.90 Å². The second-order valence-electron chi connectivity index (χ2n) is 6.16. The molecule has 18 heavy (non-hydrogen) atoms. The first-order valence-corrected chi connectivity index (χ1v) is 8.46. The van der Waals surface area contributed by atoms with Crippen LogP contribution in [0.25, 0.3) is 0 Å². The smallest absolute Gasteiger partial charge is 0.00903 e. The van der Waals surface area contributed by atoms with Crippen molar-refractivity contribution in [3.8, 4) is 0 Å². The molecule has 0 fully saturated rings. The third-order valence-electron chi connectivity index (χ3n) is 4.43. The van der Waals surface area contributed by atoms with E-state index in [1.807, 2.05) is 0 Å². The molecule has 0 aromatic rings.